The zero-order chi connectivity index (χ0) is 15.1. The lowest BCUT2D eigenvalue weighted by Crippen LogP contribution is -2.52. The van der Waals surface area contributed by atoms with E-state index in [1.807, 2.05) is 0 Å². The third-order valence-electron chi connectivity index (χ3n) is 4.65. The summed E-state index contributed by atoms with van der Waals surface area (Å²) in [6, 6.07) is 4.16. The van der Waals surface area contributed by atoms with E-state index in [1.165, 1.54) is 31.2 Å². The SMILES string of the molecule is CCCC1CCCC(NCc2cccs2)(C(=O)OC)CC1. The Morgan fingerprint density at radius 1 is 1.48 bits per heavy atom. The van der Waals surface area contributed by atoms with Gasteiger partial charge < -0.3 is 4.74 Å². The van der Waals surface area contributed by atoms with Gasteiger partial charge in [0.2, 0.25) is 0 Å². The molecule has 0 saturated heterocycles. The van der Waals surface area contributed by atoms with Gasteiger partial charge in [0, 0.05) is 11.4 Å². The molecule has 1 saturated carbocycles. The molecule has 1 aromatic rings. The quantitative estimate of drug-likeness (QED) is 0.634. The standard InChI is InChI=1S/C17H27NO2S/c1-3-6-14-7-4-10-17(11-9-14,16(19)20-2)18-13-15-8-5-12-21-15/h5,8,12,14,18H,3-4,6-7,9-11,13H2,1-2H3. The Kier molecular flexibility index (Phi) is 6.24. The van der Waals surface area contributed by atoms with Gasteiger partial charge in [0.1, 0.15) is 5.54 Å². The molecule has 1 heterocycles. The van der Waals surface area contributed by atoms with Crippen LogP contribution in [0.2, 0.25) is 0 Å². The van der Waals surface area contributed by atoms with E-state index in [0.717, 1.165) is 38.1 Å². The number of ether oxygens (including phenoxy) is 1. The first-order valence-corrected chi connectivity index (χ1v) is 8.94. The lowest BCUT2D eigenvalue weighted by Gasteiger charge is -2.31. The fraction of sp³-hybridized carbons (Fsp3) is 0.706. The van der Waals surface area contributed by atoms with Crippen molar-refractivity contribution in [3.8, 4) is 0 Å². The van der Waals surface area contributed by atoms with Crippen molar-refractivity contribution in [1.82, 2.24) is 5.32 Å². The van der Waals surface area contributed by atoms with Crippen LogP contribution < -0.4 is 5.32 Å². The summed E-state index contributed by atoms with van der Waals surface area (Å²) >= 11 is 1.73. The molecule has 0 bridgehead atoms. The van der Waals surface area contributed by atoms with Crippen molar-refractivity contribution < 1.29 is 9.53 Å². The van der Waals surface area contributed by atoms with Gasteiger partial charge in [-0.1, -0.05) is 38.7 Å². The second kappa shape index (κ2) is 7.95. The molecular formula is C17H27NO2S. The molecule has 21 heavy (non-hydrogen) atoms. The third-order valence-corrected chi connectivity index (χ3v) is 5.53. The topological polar surface area (TPSA) is 38.3 Å². The first kappa shape index (κ1) is 16.5. The fourth-order valence-electron chi connectivity index (χ4n) is 3.43. The summed E-state index contributed by atoms with van der Waals surface area (Å²) < 4.78 is 5.12. The maximum absolute atomic E-state index is 12.4. The van der Waals surface area contributed by atoms with Crippen LogP contribution in [0.5, 0.6) is 0 Å². The van der Waals surface area contributed by atoms with Crippen LogP contribution in [0.4, 0.5) is 0 Å². The molecule has 1 aliphatic carbocycles. The minimum atomic E-state index is -0.485. The molecule has 0 aromatic carbocycles. The van der Waals surface area contributed by atoms with E-state index in [1.54, 1.807) is 11.3 Å². The Labute approximate surface area is 132 Å². The number of thiophene rings is 1. The lowest BCUT2D eigenvalue weighted by molar-refractivity contribution is -0.149. The molecule has 4 heteroatoms. The van der Waals surface area contributed by atoms with Crippen LogP contribution in [0.25, 0.3) is 0 Å². The van der Waals surface area contributed by atoms with Crippen molar-refractivity contribution in [3.05, 3.63) is 22.4 Å². The smallest absolute Gasteiger partial charge is 0.326 e. The van der Waals surface area contributed by atoms with Gasteiger partial charge in [0.15, 0.2) is 0 Å². The Morgan fingerprint density at radius 2 is 2.33 bits per heavy atom. The molecule has 3 nitrogen and oxygen atoms in total. The number of hydrogen-bond acceptors (Lipinski definition) is 4. The number of carbonyl (C=O) groups excluding carboxylic acids is 1. The van der Waals surface area contributed by atoms with Crippen LogP contribution >= 0.6 is 11.3 Å². The second-order valence-electron chi connectivity index (χ2n) is 6.09. The van der Waals surface area contributed by atoms with Crippen LogP contribution in [0.15, 0.2) is 17.5 Å². The molecule has 2 rings (SSSR count). The Hall–Kier alpha value is -0.870. The van der Waals surface area contributed by atoms with Gasteiger partial charge in [0.25, 0.3) is 0 Å². The zero-order valence-electron chi connectivity index (χ0n) is 13.2. The Morgan fingerprint density at radius 3 is 3.00 bits per heavy atom. The number of methoxy groups -OCH3 is 1. The molecular weight excluding hydrogens is 282 g/mol. The zero-order valence-corrected chi connectivity index (χ0v) is 14.0. The van der Waals surface area contributed by atoms with E-state index >= 15 is 0 Å². The van der Waals surface area contributed by atoms with E-state index in [-0.39, 0.29) is 5.97 Å². The van der Waals surface area contributed by atoms with Crippen LogP contribution in [0, 0.1) is 5.92 Å². The summed E-state index contributed by atoms with van der Waals surface area (Å²) in [7, 11) is 1.51. The van der Waals surface area contributed by atoms with Crippen molar-refractivity contribution in [2.75, 3.05) is 7.11 Å². The number of carbonyl (C=O) groups is 1. The van der Waals surface area contributed by atoms with Gasteiger partial charge >= 0.3 is 5.97 Å². The van der Waals surface area contributed by atoms with Gasteiger partial charge in [-0.25, -0.2) is 0 Å². The predicted molar refractivity (Wildman–Crippen MR) is 87.4 cm³/mol. The van der Waals surface area contributed by atoms with E-state index in [9.17, 15) is 4.79 Å². The largest absolute Gasteiger partial charge is 0.468 e. The number of rotatable bonds is 6. The van der Waals surface area contributed by atoms with Crippen molar-refractivity contribution in [3.63, 3.8) is 0 Å². The summed E-state index contributed by atoms with van der Waals surface area (Å²) in [4.78, 5) is 13.7. The average Bonchev–Trinajstić information content (AvgIpc) is 2.93. The van der Waals surface area contributed by atoms with E-state index in [2.05, 4.69) is 29.8 Å². The predicted octanol–water partition coefficient (Wildman–Crippen LogP) is 4.13. The van der Waals surface area contributed by atoms with Crippen molar-refractivity contribution in [2.24, 2.45) is 5.92 Å². The molecule has 1 N–H and O–H groups in total. The van der Waals surface area contributed by atoms with E-state index in [0.29, 0.717) is 0 Å². The van der Waals surface area contributed by atoms with E-state index < -0.39 is 5.54 Å². The molecule has 1 aliphatic rings. The van der Waals surface area contributed by atoms with Gasteiger partial charge in [-0.2, -0.15) is 0 Å². The van der Waals surface area contributed by atoms with Crippen molar-refractivity contribution in [1.29, 1.82) is 0 Å². The first-order valence-electron chi connectivity index (χ1n) is 8.06. The number of nitrogens with one attached hydrogen (secondary N) is 1. The van der Waals surface area contributed by atoms with Crippen molar-refractivity contribution >= 4 is 17.3 Å². The molecule has 118 valence electrons. The third kappa shape index (κ3) is 4.30. The van der Waals surface area contributed by atoms with Crippen LogP contribution in [-0.4, -0.2) is 18.6 Å². The molecule has 2 unspecified atom stereocenters. The number of hydrogen-bond donors (Lipinski definition) is 1. The molecule has 0 amide bonds. The van der Waals surface area contributed by atoms with Gasteiger partial charge in [0.05, 0.1) is 7.11 Å². The molecule has 0 radical (unpaired) electrons. The second-order valence-corrected chi connectivity index (χ2v) is 7.12. The van der Waals surface area contributed by atoms with E-state index in [4.69, 9.17) is 4.74 Å². The summed E-state index contributed by atoms with van der Waals surface area (Å²) in [5.41, 5.74) is -0.485. The monoisotopic (exact) mass is 309 g/mol. The fourth-order valence-corrected chi connectivity index (χ4v) is 4.07. The molecule has 0 spiro atoms. The maximum atomic E-state index is 12.4. The Bertz CT molecular complexity index is 432. The first-order chi connectivity index (χ1) is 10.2. The summed E-state index contributed by atoms with van der Waals surface area (Å²) in [5, 5.41) is 5.60. The van der Waals surface area contributed by atoms with Crippen molar-refractivity contribution in [2.45, 2.75) is 64.0 Å². The lowest BCUT2D eigenvalue weighted by atomic mass is 9.88. The molecule has 2 atom stereocenters. The molecule has 1 aromatic heterocycles. The molecule has 1 fully saturated rings. The van der Waals surface area contributed by atoms with Gasteiger partial charge in [-0.05, 0) is 36.6 Å². The summed E-state index contributed by atoms with van der Waals surface area (Å²) in [6.07, 6.45) is 7.78. The summed E-state index contributed by atoms with van der Waals surface area (Å²) in [6.45, 7) is 3.00. The highest BCUT2D eigenvalue weighted by molar-refractivity contribution is 7.09. The average molecular weight is 309 g/mol. The van der Waals surface area contributed by atoms with Crippen LogP contribution in [-0.2, 0) is 16.1 Å². The highest BCUT2D eigenvalue weighted by Crippen LogP contribution is 2.34. The minimum absolute atomic E-state index is 0.0868. The summed E-state index contributed by atoms with van der Waals surface area (Å²) in [5.74, 6) is 0.682. The van der Waals surface area contributed by atoms with Crippen LogP contribution in [0.1, 0.15) is 56.7 Å². The Balaban J connectivity index is 2.04. The normalized spacial score (nSPS) is 26.3. The van der Waals surface area contributed by atoms with Gasteiger partial charge in [-0.3, -0.25) is 10.1 Å². The number of esters is 1. The highest BCUT2D eigenvalue weighted by Gasteiger charge is 2.40. The van der Waals surface area contributed by atoms with Crippen LogP contribution in [0.3, 0.4) is 0 Å². The maximum Gasteiger partial charge on any atom is 0.326 e. The van der Waals surface area contributed by atoms with Gasteiger partial charge in [-0.15, -0.1) is 11.3 Å². The minimum Gasteiger partial charge on any atom is -0.468 e. The highest BCUT2D eigenvalue weighted by atomic mass is 32.1. The molecule has 0 aliphatic heterocycles.